The van der Waals surface area contributed by atoms with Gasteiger partial charge in [0.15, 0.2) is 0 Å². The lowest BCUT2D eigenvalue weighted by Crippen LogP contribution is -2.26. The first kappa shape index (κ1) is 17.2. The van der Waals surface area contributed by atoms with E-state index in [9.17, 15) is 14.3 Å². The largest absolute Gasteiger partial charge is 0.387 e. The van der Waals surface area contributed by atoms with E-state index >= 15 is 0 Å². The minimum atomic E-state index is -0.906. The van der Waals surface area contributed by atoms with Gasteiger partial charge in [-0.25, -0.2) is 4.39 Å². The zero-order valence-corrected chi connectivity index (χ0v) is 13.5. The van der Waals surface area contributed by atoms with Gasteiger partial charge in [-0.05, 0) is 30.7 Å². The standard InChI is InChI=1S/C16H17ClFN3O2/c1-10-13(16(17)21(2)20-10)7-8-15(23)19-9-14(22)11-3-5-12(18)6-4-11/h3-8,14,22H,9H2,1-2H3,(H,19,23)/b8-7+. The van der Waals surface area contributed by atoms with Crippen molar-refractivity contribution in [1.82, 2.24) is 15.1 Å². The number of nitrogens with zero attached hydrogens (tertiary/aromatic N) is 2. The van der Waals surface area contributed by atoms with Gasteiger partial charge in [-0.1, -0.05) is 23.7 Å². The number of benzene rings is 1. The van der Waals surface area contributed by atoms with E-state index in [0.29, 0.717) is 22.0 Å². The van der Waals surface area contributed by atoms with Crippen molar-refractivity contribution in [2.24, 2.45) is 7.05 Å². The Labute approximate surface area is 138 Å². The van der Waals surface area contributed by atoms with Crippen molar-refractivity contribution in [3.05, 3.63) is 58.1 Å². The Balaban J connectivity index is 1.92. The molecule has 0 bridgehead atoms. The number of carbonyl (C=O) groups excluding carboxylic acids is 1. The van der Waals surface area contributed by atoms with E-state index in [1.807, 2.05) is 0 Å². The summed E-state index contributed by atoms with van der Waals surface area (Å²) in [6.07, 6.45) is 1.99. The van der Waals surface area contributed by atoms with Crippen LogP contribution in [0.5, 0.6) is 0 Å². The van der Waals surface area contributed by atoms with Gasteiger partial charge in [-0.3, -0.25) is 9.48 Å². The fourth-order valence-corrected chi connectivity index (χ4v) is 2.29. The quantitative estimate of drug-likeness (QED) is 0.823. The van der Waals surface area contributed by atoms with E-state index in [2.05, 4.69) is 10.4 Å². The van der Waals surface area contributed by atoms with Crippen LogP contribution in [0.4, 0.5) is 4.39 Å². The van der Waals surface area contributed by atoms with Crippen LogP contribution in [0.1, 0.15) is 22.9 Å². The average molecular weight is 338 g/mol. The predicted octanol–water partition coefficient (Wildman–Crippen LogP) is 2.38. The fraction of sp³-hybridized carbons (Fsp3) is 0.250. The lowest BCUT2D eigenvalue weighted by molar-refractivity contribution is -0.116. The Morgan fingerprint density at radius 1 is 1.48 bits per heavy atom. The van der Waals surface area contributed by atoms with Crippen LogP contribution in [-0.4, -0.2) is 27.3 Å². The molecule has 2 N–H and O–H groups in total. The van der Waals surface area contributed by atoms with Crippen LogP contribution < -0.4 is 5.32 Å². The first-order valence-electron chi connectivity index (χ1n) is 6.97. The van der Waals surface area contributed by atoms with Crippen molar-refractivity contribution in [2.45, 2.75) is 13.0 Å². The predicted molar refractivity (Wildman–Crippen MR) is 86.4 cm³/mol. The minimum absolute atomic E-state index is 0.0224. The van der Waals surface area contributed by atoms with Crippen LogP contribution in [0.15, 0.2) is 30.3 Å². The second-order valence-electron chi connectivity index (χ2n) is 5.06. The van der Waals surface area contributed by atoms with Crippen LogP contribution in [-0.2, 0) is 11.8 Å². The summed E-state index contributed by atoms with van der Waals surface area (Å²) in [5, 5.41) is 17.1. The number of rotatable bonds is 5. The summed E-state index contributed by atoms with van der Waals surface area (Å²) in [6.45, 7) is 1.82. The van der Waals surface area contributed by atoms with E-state index < -0.39 is 6.10 Å². The molecule has 0 aliphatic carbocycles. The summed E-state index contributed by atoms with van der Waals surface area (Å²) in [6, 6.07) is 5.46. The zero-order chi connectivity index (χ0) is 17.0. The molecule has 1 amide bonds. The number of amides is 1. The molecule has 0 radical (unpaired) electrons. The van der Waals surface area contributed by atoms with Crippen LogP contribution in [0, 0.1) is 12.7 Å². The Morgan fingerprint density at radius 2 is 2.13 bits per heavy atom. The molecule has 0 spiro atoms. The highest BCUT2D eigenvalue weighted by molar-refractivity contribution is 6.31. The molecule has 122 valence electrons. The third kappa shape index (κ3) is 4.40. The number of aromatic nitrogens is 2. The van der Waals surface area contributed by atoms with Crippen molar-refractivity contribution in [2.75, 3.05) is 6.54 Å². The van der Waals surface area contributed by atoms with Crippen molar-refractivity contribution >= 4 is 23.6 Å². The van der Waals surface area contributed by atoms with Gasteiger partial charge < -0.3 is 10.4 Å². The lowest BCUT2D eigenvalue weighted by Gasteiger charge is -2.11. The molecular formula is C16H17ClFN3O2. The topological polar surface area (TPSA) is 67.2 Å². The van der Waals surface area contributed by atoms with Crippen LogP contribution in [0.25, 0.3) is 6.08 Å². The van der Waals surface area contributed by atoms with Crippen LogP contribution in [0.3, 0.4) is 0 Å². The van der Waals surface area contributed by atoms with E-state index in [-0.39, 0.29) is 18.3 Å². The van der Waals surface area contributed by atoms with Crippen molar-refractivity contribution in [3.8, 4) is 0 Å². The smallest absolute Gasteiger partial charge is 0.244 e. The molecular weight excluding hydrogens is 321 g/mol. The molecule has 2 aromatic rings. The molecule has 0 aliphatic rings. The second-order valence-corrected chi connectivity index (χ2v) is 5.42. The molecule has 1 aromatic heterocycles. The Bertz CT molecular complexity index is 726. The maximum Gasteiger partial charge on any atom is 0.244 e. The van der Waals surface area contributed by atoms with E-state index in [4.69, 9.17) is 11.6 Å². The number of aryl methyl sites for hydroxylation is 2. The number of hydrogen-bond acceptors (Lipinski definition) is 3. The Morgan fingerprint density at radius 3 is 2.70 bits per heavy atom. The third-order valence-electron chi connectivity index (χ3n) is 3.32. The molecule has 1 unspecified atom stereocenters. The first-order valence-corrected chi connectivity index (χ1v) is 7.35. The molecule has 5 nitrogen and oxygen atoms in total. The van der Waals surface area contributed by atoms with Gasteiger partial charge >= 0.3 is 0 Å². The highest BCUT2D eigenvalue weighted by Crippen LogP contribution is 2.19. The number of aliphatic hydroxyl groups is 1. The third-order valence-corrected chi connectivity index (χ3v) is 3.77. The molecule has 1 heterocycles. The van der Waals surface area contributed by atoms with Gasteiger partial charge in [-0.15, -0.1) is 0 Å². The van der Waals surface area contributed by atoms with Gasteiger partial charge in [0.2, 0.25) is 5.91 Å². The molecule has 7 heteroatoms. The summed E-state index contributed by atoms with van der Waals surface area (Å²) < 4.78 is 14.3. The van der Waals surface area contributed by atoms with Crippen LogP contribution in [0.2, 0.25) is 5.15 Å². The molecule has 0 aliphatic heterocycles. The summed E-state index contributed by atoms with van der Waals surface area (Å²) in [4.78, 5) is 11.8. The van der Waals surface area contributed by atoms with Gasteiger partial charge in [0, 0.05) is 25.2 Å². The normalized spacial score (nSPS) is 12.6. The first-order chi connectivity index (χ1) is 10.9. The fourth-order valence-electron chi connectivity index (χ4n) is 2.05. The Hall–Kier alpha value is -2.18. The van der Waals surface area contributed by atoms with Gasteiger partial charge in [-0.2, -0.15) is 5.10 Å². The summed E-state index contributed by atoms with van der Waals surface area (Å²) in [5.41, 5.74) is 1.91. The van der Waals surface area contributed by atoms with Crippen LogP contribution >= 0.6 is 11.6 Å². The number of aliphatic hydroxyl groups excluding tert-OH is 1. The average Bonchev–Trinajstić information content (AvgIpc) is 2.76. The second kappa shape index (κ2) is 7.39. The monoisotopic (exact) mass is 337 g/mol. The van der Waals surface area contributed by atoms with Gasteiger partial charge in [0.05, 0.1) is 11.8 Å². The number of halogens is 2. The van der Waals surface area contributed by atoms with Gasteiger partial charge in [0.1, 0.15) is 11.0 Å². The number of hydrogen-bond donors (Lipinski definition) is 2. The maximum atomic E-state index is 12.8. The molecule has 0 fully saturated rings. The Kier molecular flexibility index (Phi) is 5.52. The molecule has 1 atom stereocenters. The van der Waals surface area contributed by atoms with Crippen molar-refractivity contribution < 1.29 is 14.3 Å². The van der Waals surface area contributed by atoms with Gasteiger partial charge in [0.25, 0.3) is 0 Å². The van der Waals surface area contributed by atoms with E-state index in [1.54, 1.807) is 20.0 Å². The molecule has 0 saturated heterocycles. The summed E-state index contributed by atoms with van der Waals surface area (Å²) >= 11 is 6.06. The molecule has 23 heavy (non-hydrogen) atoms. The highest BCUT2D eigenvalue weighted by atomic mass is 35.5. The van der Waals surface area contributed by atoms with E-state index in [0.717, 1.165) is 0 Å². The summed E-state index contributed by atoms with van der Waals surface area (Å²) in [7, 11) is 1.71. The zero-order valence-electron chi connectivity index (χ0n) is 12.8. The highest BCUT2D eigenvalue weighted by Gasteiger charge is 2.10. The molecule has 1 aromatic carbocycles. The molecule has 2 rings (SSSR count). The SMILES string of the molecule is Cc1nn(C)c(Cl)c1/C=C/C(=O)NCC(O)c1ccc(F)cc1. The minimum Gasteiger partial charge on any atom is -0.387 e. The number of carbonyl (C=O) groups is 1. The molecule has 0 saturated carbocycles. The maximum absolute atomic E-state index is 12.8. The van der Waals surface area contributed by atoms with Crippen molar-refractivity contribution in [3.63, 3.8) is 0 Å². The summed E-state index contributed by atoms with van der Waals surface area (Å²) in [5.74, 6) is -0.748. The van der Waals surface area contributed by atoms with Crippen molar-refractivity contribution in [1.29, 1.82) is 0 Å². The lowest BCUT2D eigenvalue weighted by atomic mass is 10.1. The number of nitrogens with one attached hydrogen (secondary N) is 1. The van der Waals surface area contributed by atoms with E-state index in [1.165, 1.54) is 35.0 Å².